The van der Waals surface area contributed by atoms with Gasteiger partial charge in [0.2, 0.25) is 0 Å². The molecule has 0 saturated heterocycles. The number of alkyl halides is 3. The molecule has 2 aromatic rings. The summed E-state index contributed by atoms with van der Waals surface area (Å²) in [5.74, 6) is 0. The number of rotatable bonds is 2. The summed E-state index contributed by atoms with van der Waals surface area (Å²) < 4.78 is 38.5. The minimum Gasteiger partial charge on any atom is -0.399 e. The molecular formula is C14H11ClF3N3O. The van der Waals surface area contributed by atoms with Crippen LogP contribution in [0.5, 0.6) is 0 Å². The second-order valence-corrected chi connectivity index (χ2v) is 4.77. The van der Waals surface area contributed by atoms with Gasteiger partial charge in [0.1, 0.15) is 0 Å². The van der Waals surface area contributed by atoms with Gasteiger partial charge in [-0.3, -0.25) is 0 Å². The van der Waals surface area contributed by atoms with E-state index in [2.05, 4.69) is 10.6 Å². The number of anilines is 3. The first kappa shape index (κ1) is 16.0. The maximum absolute atomic E-state index is 12.8. The van der Waals surface area contributed by atoms with Gasteiger partial charge in [0.25, 0.3) is 0 Å². The van der Waals surface area contributed by atoms with E-state index >= 15 is 0 Å². The average Bonchev–Trinajstić information content (AvgIpc) is 2.41. The number of nitrogens with two attached hydrogens (primary N) is 1. The highest BCUT2D eigenvalue weighted by molar-refractivity contribution is 6.34. The van der Waals surface area contributed by atoms with Crippen LogP contribution in [0.15, 0.2) is 42.5 Å². The largest absolute Gasteiger partial charge is 0.418 e. The van der Waals surface area contributed by atoms with E-state index in [1.165, 1.54) is 30.3 Å². The number of para-hydroxylation sites is 1. The van der Waals surface area contributed by atoms with Gasteiger partial charge in [-0.2, -0.15) is 13.2 Å². The molecule has 0 unspecified atom stereocenters. The van der Waals surface area contributed by atoms with Crippen LogP contribution in [0, 0.1) is 0 Å². The van der Waals surface area contributed by atoms with Crippen molar-refractivity contribution in [2.45, 2.75) is 6.18 Å². The normalized spacial score (nSPS) is 11.1. The topological polar surface area (TPSA) is 67.1 Å². The first-order valence-electron chi connectivity index (χ1n) is 6.06. The third kappa shape index (κ3) is 3.82. The highest BCUT2D eigenvalue weighted by Gasteiger charge is 2.33. The van der Waals surface area contributed by atoms with Gasteiger partial charge in [0.05, 0.1) is 22.0 Å². The molecule has 0 radical (unpaired) electrons. The van der Waals surface area contributed by atoms with Crippen molar-refractivity contribution in [2.24, 2.45) is 0 Å². The molecule has 0 aromatic heterocycles. The van der Waals surface area contributed by atoms with E-state index in [0.717, 1.165) is 12.1 Å². The third-order valence-corrected chi connectivity index (χ3v) is 3.03. The van der Waals surface area contributed by atoms with Crippen LogP contribution < -0.4 is 16.4 Å². The Hall–Kier alpha value is -2.41. The molecule has 116 valence electrons. The second kappa shape index (κ2) is 6.15. The summed E-state index contributed by atoms with van der Waals surface area (Å²) in [6.07, 6.45) is -4.57. The van der Waals surface area contributed by atoms with Crippen LogP contribution in [0.1, 0.15) is 5.56 Å². The first-order chi connectivity index (χ1) is 10.3. The SMILES string of the molecule is Nc1ccc(NC(=O)Nc2ccccc2C(F)(F)F)c(Cl)c1. The summed E-state index contributed by atoms with van der Waals surface area (Å²) in [4.78, 5) is 11.8. The minimum absolute atomic E-state index is 0.180. The van der Waals surface area contributed by atoms with Crippen molar-refractivity contribution in [1.82, 2.24) is 0 Å². The van der Waals surface area contributed by atoms with Gasteiger partial charge in [-0.05, 0) is 30.3 Å². The van der Waals surface area contributed by atoms with E-state index < -0.39 is 17.8 Å². The van der Waals surface area contributed by atoms with Gasteiger partial charge in [-0.25, -0.2) is 4.79 Å². The molecule has 0 atom stereocenters. The number of hydrogen-bond donors (Lipinski definition) is 3. The summed E-state index contributed by atoms with van der Waals surface area (Å²) in [6, 6.07) is 8.20. The average molecular weight is 330 g/mol. The molecule has 0 fully saturated rings. The summed E-state index contributed by atoms with van der Waals surface area (Å²) in [5.41, 5.74) is 4.86. The predicted molar refractivity (Wildman–Crippen MR) is 79.9 cm³/mol. The molecule has 0 aliphatic rings. The van der Waals surface area contributed by atoms with Crippen LogP contribution in [0.25, 0.3) is 0 Å². The molecule has 2 rings (SSSR count). The molecule has 0 bridgehead atoms. The molecule has 0 spiro atoms. The number of carbonyl (C=O) groups excluding carboxylic acids is 1. The van der Waals surface area contributed by atoms with Gasteiger partial charge >= 0.3 is 12.2 Å². The van der Waals surface area contributed by atoms with E-state index in [1.54, 1.807) is 0 Å². The molecule has 0 heterocycles. The fourth-order valence-corrected chi connectivity index (χ4v) is 1.98. The van der Waals surface area contributed by atoms with Crippen molar-refractivity contribution in [3.05, 3.63) is 53.1 Å². The van der Waals surface area contributed by atoms with Gasteiger partial charge in [-0.15, -0.1) is 0 Å². The van der Waals surface area contributed by atoms with Crippen molar-refractivity contribution in [2.75, 3.05) is 16.4 Å². The zero-order valence-electron chi connectivity index (χ0n) is 11.0. The molecule has 8 heteroatoms. The van der Waals surface area contributed by atoms with Gasteiger partial charge in [0.15, 0.2) is 0 Å². The number of nitrogen functional groups attached to an aromatic ring is 1. The smallest absolute Gasteiger partial charge is 0.399 e. The molecule has 0 aliphatic carbocycles. The number of halogens is 4. The van der Waals surface area contributed by atoms with Crippen LogP contribution in [-0.4, -0.2) is 6.03 Å². The summed E-state index contributed by atoms with van der Waals surface area (Å²) in [5, 5.41) is 4.69. The van der Waals surface area contributed by atoms with Crippen molar-refractivity contribution in [3.8, 4) is 0 Å². The Labute approximate surface area is 129 Å². The number of urea groups is 1. The standard InChI is InChI=1S/C14H11ClF3N3O/c15-10-7-8(19)5-6-12(10)21-13(22)20-11-4-2-1-3-9(11)14(16,17)18/h1-7H,19H2,(H2,20,21,22). The molecule has 2 aromatic carbocycles. The Morgan fingerprint density at radius 1 is 1.05 bits per heavy atom. The summed E-state index contributed by atoms with van der Waals surface area (Å²) >= 11 is 5.88. The minimum atomic E-state index is -4.57. The molecule has 22 heavy (non-hydrogen) atoms. The Bertz CT molecular complexity index is 704. The van der Waals surface area contributed by atoms with Crippen LogP contribution in [0.2, 0.25) is 5.02 Å². The maximum atomic E-state index is 12.8. The molecular weight excluding hydrogens is 319 g/mol. The number of carbonyl (C=O) groups is 1. The van der Waals surface area contributed by atoms with E-state index in [-0.39, 0.29) is 16.4 Å². The van der Waals surface area contributed by atoms with Crippen LogP contribution in [-0.2, 0) is 6.18 Å². The van der Waals surface area contributed by atoms with Gasteiger partial charge in [0, 0.05) is 5.69 Å². The van der Waals surface area contributed by atoms with Crippen molar-refractivity contribution in [1.29, 1.82) is 0 Å². The lowest BCUT2D eigenvalue weighted by Crippen LogP contribution is -2.22. The number of amides is 2. The third-order valence-electron chi connectivity index (χ3n) is 2.72. The Morgan fingerprint density at radius 3 is 2.32 bits per heavy atom. The zero-order valence-corrected chi connectivity index (χ0v) is 11.8. The summed E-state index contributed by atoms with van der Waals surface area (Å²) in [7, 11) is 0. The highest BCUT2D eigenvalue weighted by atomic mass is 35.5. The monoisotopic (exact) mass is 329 g/mol. The van der Waals surface area contributed by atoms with E-state index in [9.17, 15) is 18.0 Å². The quantitative estimate of drug-likeness (QED) is 0.706. The Kier molecular flexibility index (Phi) is 4.46. The maximum Gasteiger partial charge on any atom is 0.418 e. The van der Waals surface area contributed by atoms with E-state index in [0.29, 0.717) is 5.69 Å². The van der Waals surface area contributed by atoms with E-state index in [1.807, 2.05) is 0 Å². The Morgan fingerprint density at radius 2 is 1.68 bits per heavy atom. The van der Waals surface area contributed by atoms with Crippen molar-refractivity contribution < 1.29 is 18.0 Å². The van der Waals surface area contributed by atoms with Gasteiger partial charge < -0.3 is 16.4 Å². The van der Waals surface area contributed by atoms with E-state index in [4.69, 9.17) is 17.3 Å². The molecule has 4 nitrogen and oxygen atoms in total. The highest BCUT2D eigenvalue weighted by Crippen LogP contribution is 2.34. The molecule has 2 amide bonds. The first-order valence-corrected chi connectivity index (χ1v) is 6.44. The molecule has 0 saturated carbocycles. The molecule has 0 aliphatic heterocycles. The van der Waals surface area contributed by atoms with Crippen LogP contribution >= 0.6 is 11.6 Å². The number of benzene rings is 2. The lowest BCUT2D eigenvalue weighted by Gasteiger charge is -2.14. The number of nitrogens with one attached hydrogen (secondary N) is 2. The second-order valence-electron chi connectivity index (χ2n) is 4.36. The van der Waals surface area contributed by atoms with Crippen LogP contribution in [0.3, 0.4) is 0 Å². The fourth-order valence-electron chi connectivity index (χ4n) is 1.75. The zero-order chi connectivity index (χ0) is 16.3. The summed E-state index contributed by atoms with van der Waals surface area (Å²) in [6.45, 7) is 0. The lowest BCUT2D eigenvalue weighted by molar-refractivity contribution is -0.136. The predicted octanol–water partition coefficient (Wildman–Crippen LogP) is 4.59. The Balaban J connectivity index is 2.16. The van der Waals surface area contributed by atoms with Gasteiger partial charge in [-0.1, -0.05) is 23.7 Å². The van der Waals surface area contributed by atoms with Crippen molar-refractivity contribution in [3.63, 3.8) is 0 Å². The van der Waals surface area contributed by atoms with Crippen LogP contribution in [0.4, 0.5) is 35.0 Å². The van der Waals surface area contributed by atoms with Crippen molar-refractivity contribution >= 4 is 34.7 Å². The lowest BCUT2D eigenvalue weighted by atomic mass is 10.1. The number of hydrogen-bond acceptors (Lipinski definition) is 2. The fraction of sp³-hybridized carbons (Fsp3) is 0.0714. The molecule has 4 N–H and O–H groups in total.